The highest BCUT2D eigenvalue weighted by molar-refractivity contribution is 5.98. The Hall–Kier alpha value is -3.09. The van der Waals surface area contributed by atoms with Crippen molar-refractivity contribution in [2.75, 3.05) is 0 Å². The number of hydrogen-bond acceptors (Lipinski definition) is 4. The van der Waals surface area contributed by atoms with E-state index in [2.05, 4.69) is 16.2 Å². The first kappa shape index (κ1) is 17.3. The summed E-state index contributed by atoms with van der Waals surface area (Å²) in [5.74, 6) is -1.53. The summed E-state index contributed by atoms with van der Waals surface area (Å²) in [4.78, 5) is 36.2. The molecule has 0 bridgehead atoms. The van der Waals surface area contributed by atoms with Gasteiger partial charge in [-0.05, 0) is 30.2 Å². The minimum atomic E-state index is -0.821. The van der Waals surface area contributed by atoms with E-state index in [1.165, 1.54) is 12.3 Å². The van der Waals surface area contributed by atoms with Crippen LogP contribution in [0.2, 0.25) is 0 Å². The van der Waals surface area contributed by atoms with Gasteiger partial charge in [0.1, 0.15) is 6.04 Å². The van der Waals surface area contributed by atoms with Crippen molar-refractivity contribution in [1.29, 1.82) is 0 Å². The standard InChI is InChI=1S/C17H19N3O4/c1-11(2)14(18-16(22)13-9-6-10-24-13)17(23)20-19-15(21)12-7-4-3-5-8-12/h3-11,14H,1-2H3,(H,18,22)(H,19,21)(H,20,23)/t14-/m0/s1. The van der Waals surface area contributed by atoms with Gasteiger partial charge in [-0.3, -0.25) is 25.2 Å². The van der Waals surface area contributed by atoms with Crippen molar-refractivity contribution in [3.63, 3.8) is 0 Å². The zero-order valence-corrected chi connectivity index (χ0v) is 13.4. The zero-order chi connectivity index (χ0) is 17.5. The molecule has 0 fully saturated rings. The molecule has 24 heavy (non-hydrogen) atoms. The van der Waals surface area contributed by atoms with Gasteiger partial charge in [0.15, 0.2) is 5.76 Å². The number of nitrogens with one attached hydrogen (secondary N) is 3. The third-order valence-corrected chi connectivity index (χ3v) is 3.32. The van der Waals surface area contributed by atoms with Crippen LogP contribution in [0, 0.1) is 5.92 Å². The molecule has 7 heteroatoms. The molecule has 2 aromatic rings. The molecule has 3 amide bonds. The Morgan fingerprint density at radius 1 is 0.917 bits per heavy atom. The Morgan fingerprint density at radius 2 is 1.62 bits per heavy atom. The molecule has 1 aromatic carbocycles. The summed E-state index contributed by atoms with van der Waals surface area (Å²) in [5, 5.41) is 2.59. The molecular formula is C17H19N3O4. The molecule has 1 atom stereocenters. The molecule has 0 aliphatic carbocycles. The van der Waals surface area contributed by atoms with E-state index in [1.54, 1.807) is 50.2 Å². The second-order valence-electron chi connectivity index (χ2n) is 5.48. The van der Waals surface area contributed by atoms with Crippen molar-refractivity contribution in [3.8, 4) is 0 Å². The van der Waals surface area contributed by atoms with Gasteiger partial charge in [-0.25, -0.2) is 0 Å². The number of carbonyl (C=O) groups is 3. The van der Waals surface area contributed by atoms with Crippen molar-refractivity contribution in [3.05, 3.63) is 60.1 Å². The number of furan rings is 1. The highest BCUT2D eigenvalue weighted by atomic mass is 16.3. The number of carbonyl (C=O) groups excluding carboxylic acids is 3. The lowest BCUT2D eigenvalue weighted by Crippen LogP contribution is -2.54. The smallest absolute Gasteiger partial charge is 0.287 e. The van der Waals surface area contributed by atoms with Crippen molar-refractivity contribution >= 4 is 17.7 Å². The van der Waals surface area contributed by atoms with Crippen LogP contribution in [0.25, 0.3) is 0 Å². The van der Waals surface area contributed by atoms with Gasteiger partial charge in [-0.1, -0.05) is 32.0 Å². The van der Waals surface area contributed by atoms with E-state index in [-0.39, 0.29) is 11.7 Å². The van der Waals surface area contributed by atoms with E-state index in [0.29, 0.717) is 5.56 Å². The summed E-state index contributed by atoms with van der Waals surface area (Å²) < 4.78 is 5.00. The van der Waals surface area contributed by atoms with Crippen LogP contribution < -0.4 is 16.2 Å². The van der Waals surface area contributed by atoms with Crippen LogP contribution in [-0.2, 0) is 4.79 Å². The van der Waals surface area contributed by atoms with Crippen molar-refractivity contribution in [1.82, 2.24) is 16.2 Å². The fourth-order valence-electron chi connectivity index (χ4n) is 2.01. The molecule has 3 N–H and O–H groups in total. The molecule has 0 aliphatic rings. The van der Waals surface area contributed by atoms with E-state index in [0.717, 1.165) is 0 Å². The number of amides is 3. The summed E-state index contributed by atoms with van der Waals surface area (Å²) in [6.45, 7) is 3.57. The van der Waals surface area contributed by atoms with E-state index < -0.39 is 23.8 Å². The fourth-order valence-corrected chi connectivity index (χ4v) is 2.01. The second kappa shape index (κ2) is 7.96. The molecule has 0 radical (unpaired) electrons. The molecule has 0 spiro atoms. The lowest BCUT2D eigenvalue weighted by Gasteiger charge is -2.21. The van der Waals surface area contributed by atoms with Gasteiger partial charge >= 0.3 is 0 Å². The normalized spacial score (nSPS) is 11.6. The number of hydrogen-bond donors (Lipinski definition) is 3. The highest BCUT2D eigenvalue weighted by Gasteiger charge is 2.26. The summed E-state index contributed by atoms with van der Waals surface area (Å²) in [5.41, 5.74) is 5.07. The van der Waals surface area contributed by atoms with Crippen molar-refractivity contribution < 1.29 is 18.8 Å². The summed E-state index contributed by atoms with van der Waals surface area (Å²) in [6, 6.07) is 10.7. The quantitative estimate of drug-likeness (QED) is 0.724. The third kappa shape index (κ3) is 4.45. The van der Waals surface area contributed by atoms with Gasteiger partial charge in [0.2, 0.25) is 0 Å². The molecule has 1 heterocycles. The first-order chi connectivity index (χ1) is 11.5. The van der Waals surface area contributed by atoms with Crippen LogP contribution in [0.5, 0.6) is 0 Å². The minimum absolute atomic E-state index is 0.113. The maximum atomic E-state index is 12.3. The lowest BCUT2D eigenvalue weighted by molar-refractivity contribution is -0.124. The highest BCUT2D eigenvalue weighted by Crippen LogP contribution is 2.05. The van der Waals surface area contributed by atoms with Gasteiger partial charge in [-0.15, -0.1) is 0 Å². The third-order valence-electron chi connectivity index (χ3n) is 3.32. The summed E-state index contributed by atoms with van der Waals surface area (Å²) in [6.07, 6.45) is 1.37. The van der Waals surface area contributed by atoms with Crippen LogP contribution >= 0.6 is 0 Å². The molecule has 1 aromatic heterocycles. The predicted molar refractivity (Wildman–Crippen MR) is 86.9 cm³/mol. The molecule has 126 valence electrons. The lowest BCUT2D eigenvalue weighted by atomic mass is 10.0. The van der Waals surface area contributed by atoms with Gasteiger partial charge in [0.05, 0.1) is 6.26 Å². The average molecular weight is 329 g/mol. The topological polar surface area (TPSA) is 100 Å². The average Bonchev–Trinajstić information content (AvgIpc) is 3.12. The maximum Gasteiger partial charge on any atom is 0.287 e. The molecule has 0 saturated carbocycles. The predicted octanol–water partition coefficient (Wildman–Crippen LogP) is 1.50. The monoisotopic (exact) mass is 329 g/mol. The number of hydrazine groups is 1. The van der Waals surface area contributed by atoms with Crippen molar-refractivity contribution in [2.24, 2.45) is 5.92 Å². The Kier molecular flexibility index (Phi) is 5.73. The van der Waals surface area contributed by atoms with E-state index in [4.69, 9.17) is 4.42 Å². The molecular weight excluding hydrogens is 310 g/mol. The molecule has 7 nitrogen and oxygen atoms in total. The van der Waals surface area contributed by atoms with Crippen LogP contribution in [0.15, 0.2) is 53.1 Å². The summed E-state index contributed by atoms with van der Waals surface area (Å²) >= 11 is 0. The first-order valence-corrected chi connectivity index (χ1v) is 7.48. The summed E-state index contributed by atoms with van der Waals surface area (Å²) in [7, 11) is 0. The molecule has 0 aliphatic heterocycles. The largest absolute Gasteiger partial charge is 0.459 e. The van der Waals surface area contributed by atoms with E-state index >= 15 is 0 Å². The Balaban J connectivity index is 1.94. The fraction of sp³-hybridized carbons (Fsp3) is 0.235. The van der Waals surface area contributed by atoms with E-state index in [9.17, 15) is 14.4 Å². The Morgan fingerprint density at radius 3 is 2.21 bits per heavy atom. The SMILES string of the molecule is CC(C)[C@H](NC(=O)c1ccco1)C(=O)NNC(=O)c1ccccc1. The van der Waals surface area contributed by atoms with Gasteiger partial charge in [0, 0.05) is 5.56 Å². The molecule has 0 unspecified atom stereocenters. The van der Waals surface area contributed by atoms with Crippen LogP contribution in [0.1, 0.15) is 34.8 Å². The van der Waals surface area contributed by atoms with Gasteiger partial charge in [0.25, 0.3) is 17.7 Å². The molecule has 2 rings (SSSR count). The molecule has 0 saturated heterocycles. The second-order valence-corrected chi connectivity index (χ2v) is 5.48. The van der Waals surface area contributed by atoms with Crippen LogP contribution in [0.3, 0.4) is 0 Å². The Bertz CT molecular complexity index is 696. The zero-order valence-electron chi connectivity index (χ0n) is 13.4. The van der Waals surface area contributed by atoms with Crippen molar-refractivity contribution in [2.45, 2.75) is 19.9 Å². The maximum absolute atomic E-state index is 12.3. The number of rotatable bonds is 5. The van der Waals surface area contributed by atoms with Crippen LogP contribution in [-0.4, -0.2) is 23.8 Å². The van der Waals surface area contributed by atoms with Gasteiger partial charge < -0.3 is 9.73 Å². The first-order valence-electron chi connectivity index (χ1n) is 7.48. The van der Waals surface area contributed by atoms with Crippen LogP contribution in [0.4, 0.5) is 0 Å². The van der Waals surface area contributed by atoms with E-state index in [1.807, 2.05) is 0 Å². The number of benzene rings is 1. The minimum Gasteiger partial charge on any atom is -0.459 e. The van der Waals surface area contributed by atoms with Gasteiger partial charge in [-0.2, -0.15) is 0 Å². The Labute approximate surface area is 139 Å².